The van der Waals surface area contributed by atoms with Gasteiger partial charge < -0.3 is 0 Å². The monoisotopic (exact) mass is 340 g/mol. The Kier molecular flexibility index (Phi) is 5.10. The molecule has 1 aliphatic carbocycles. The van der Waals surface area contributed by atoms with Gasteiger partial charge in [0.1, 0.15) is 0 Å². The Labute approximate surface area is 137 Å². The Morgan fingerprint density at radius 3 is 2.26 bits per heavy atom. The van der Waals surface area contributed by atoms with E-state index in [0.29, 0.717) is 11.1 Å². The van der Waals surface area contributed by atoms with E-state index < -0.39 is 14.9 Å². The molecule has 0 aliphatic heterocycles. The van der Waals surface area contributed by atoms with Crippen molar-refractivity contribution >= 4 is 15.7 Å². The summed E-state index contributed by atoms with van der Waals surface area (Å²) < 4.78 is 28.0. The average molecular weight is 340 g/mol. The number of nitro benzene ring substituents is 1. The third-order valence-electron chi connectivity index (χ3n) is 4.58. The molecule has 0 N–H and O–H groups in total. The van der Waals surface area contributed by atoms with E-state index in [9.17, 15) is 18.5 Å². The lowest BCUT2D eigenvalue weighted by molar-refractivity contribution is -0.385. The molecule has 2 rings (SSSR count). The summed E-state index contributed by atoms with van der Waals surface area (Å²) in [7, 11) is -3.74. The number of nitro groups is 1. The number of sulfonamides is 1. The third-order valence-corrected chi connectivity index (χ3v) is 6.71. The van der Waals surface area contributed by atoms with Gasteiger partial charge in [-0.25, -0.2) is 8.42 Å². The zero-order valence-corrected chi connectivity index (χ0v) is 14.9. The molecule has 1 aromatic rings. The molecular formula is C16H24N2O4S. The first-order valence-electron chi connectivity index (χ1n) is 8.03. The Bertz CT molecular complexity index is 707. The number of benzene rings is 1. The molecule has 7 heteroatoms. The van der Waals surface area contributed by atoms with Gasteiger partial charge >= 0.3 is 0 Å². The van der Waals surface area contributed by atoms with Gasteiger partial charge in [-0.2, -0.15) is 4.31 Å². The van der Waals surface area contributed by atoms with Crippen molar-refractivity contribution in [2.45, 2.75) is 70.4 Å². The highest BCUT2D eigenvalue weighted by molar-refractivity contribution is 7.89. The van der Waals surface area contributed by atoms with Crippen LogP contribution in [-0.2, 0) is 10.0 Å². The lowest BCUT2D eigenvalue weighted by atomic mass is 10.1. The molecule has 1 aliphatic rings. The van der Waals surface area contributed by atoms with Crippen molar-refractivity contribution in [1.29, 1.82) is 0 Å². The van der Waals surface area contributed by atoms with Crippen LogP contribution in [0.5, 0.6) is 0 Å². The maximum atomic E-state index is 13.2. The topological polar surface area (TPSA) is 80.5 Å². The van der Waals surface area contributed by atoms with E-state index in [-0.39, 0.29) is 22.7 Å². The maximum absolute atomic E-state index is 13.2. The molecule has 0 unspecified atom stereocenters. The Morgan fingerprint density at radius 1 is 1.26 bits per heavy atom. The summed E-state index contributed by atoms with van der Waals surface area (Å²) in [5, 5.41) is 11.1. The van der Waals surface area contributed by atoms with Crippen molar-refractivity contribution in [3.8, 4) is 0 Å². The van der Waals surface area contributed by atoms with Crippen LogP contribution < -0.4 is 0 Å². The largest absolute Gasteiger partial charge is 0.271 e. The molecule has 1 saturated carbocycles. The summed E-state index contributed by atoms with van der Waals surface area (Å²) >= 11 is 0. The number of hydrogen-bond acceptors (Lipinski definition) is 4. The first-order valence-corrected chi connectivity index (χ1v) is 9.47. The summed E-state index contributed by atoms with van der Waals surface area (Å²) in [6.45, 7) is 7.37. The number of aryl methyl sites for hydroxylation is 1. The predicted molar refractivity (Wildman–Crippen MR) is 89.0 cm³/mol. The highest BCUT2D eigenvalue weighted by Gasteiger charge is 2.42. The molecule has 0 saturated heterocycles. The van der Waals surface area contributed by atoms with Gasteiger partial charge in [-0.05, 0) is 50.7 Å². The smallest absolute Gasteiger partial charge is 0.258 e. The van der Waals surface area contributed by atoms with Gasteiger partial charge in [0.2, 0.25) is 10.0 Å². The Balaban J connectivity index is 2.59. The van der Waals surface area contributed by atoms with Crippen LogP contribution in [0.1, 0.15) is 50.7 Å². The quantitative estimate of drug-likeness (QED) is 0.561. The number of hydrogen-bond donors (Lipinski definition) is 0. The molecule has 1 aromatic carbocycles. The third kappa shape index (κ3) is 3.40. The molecular weight excluding hydrogens is 316 g/mol. The van der Waals surface area contributed by atoms with Crippen LogP contribution in [0.4, 0.5) is 5.69 Å². The lowest BCUT2D eigenvalue weighted by Gasteiger charge is -2.30. The Hall–Kier alpha value is -1.47. The first-order chi connectivity index (χ1) is 10.7. The van der Waals surface area contributed by atoms with Gasteiger partial charge in [0.25, 0.3) is 5.69 Å². The minimum atomic E-state index is -3.74. The lowest BCUT2D eigenvalue weighted by Crippen LogP contribution is -2.41. The second-order valence-electron chi connectivity index (χ2n) is 6.18. The normalized spacial score (nSPS) is 15.4. The SMILES string of the molecule is CCC(CC)N(C1CC1)S(=O)(=O)c1cc([N+](=O)[O-])cc(C)c1C. The zero-order chi connectivity index (χ0) is 17.4. The van der Waals surface area contributed by atoms with Gasteiger partial charge in [-0.15, -0.1) is 0 Å². The van der Waals surface area contributed by atoms with Gasteiger partial charge in [0.15, 0.2) is 0 Å². The van der Waals surface area contributed by atoms with E-state index in [1.807, 2.05) is 13.8 Å². The van der Waals surface area contributed by atoms with Crippen LogP contribution in [0.25, 0.3) is 0 Å². The molecule has 6 nitrogen and oxygen atoms in total. The van der Waals surface area contributed by atoms with Crippen LogP contribution in [0.15, 0.2) is 17.0 Å². The van der Waals surface area contributed by atoms with Crippen LogP contribution in [0.3, 0.4) is 0 Å². The van der Waals surface area contributed by atoms with Gasteiger partial charge in [-0.1, -0.05) is 13.8 Å². The zero-order valence-electron chi connectivity index (χ0n) is 14.1. The van der Waals surface area contributed by atoms with Crippen LogP contribution >= 0.6 is 0 Å². The van der Waals surface area contributed by atoms with E-state index in [4.69, 9.17) is 0 Å². The molecule has 0 spiro atoms. The van der Waals surface area contributed by atoms with Crippen molar-refractivity contribution in [3.05, 3.63) is 33.4 Å². The second-order valence-corrected chi connectivity index (χ2v) is 7.99. The fourth-order valence-electron chi connectivity index (χ4n) is 2.96. The van der Waals surface area contributed by atoms with Gasteiger partial charge in [0, 0.05) is 24.2 Å². The van der Waals surface area contributed by atoms with E-state index in [0.717, 1.165) is 25.7 Å². The predicted octanol–water partition coefficient (Wildman–Crippen LogP) is 3.55. The van der Waals surface area contributed by atoms with E-state index >= 15 is 0 Å². The van der Waals surface area contributed by atoms with Crippen LogP contribution in [0.2, 0.25) is 0 Å². The fourth-order valence-corrected chi connectivity index (χ4v) is 5.30. The average Bonchev–Trinajstić information content (AvgIpc) is 3.30. The van der Waals surface area contributed by atoms with Crippen molar-refractivity contribution in [1.82, 2.24) is 4.31 Å². The molecule has 128 valence electrons. The van der Waals surface area contributed by atoms with Crippen LogP contribution in [0, 0.1) is 24.0 Å². The second kappa shape index (κ2) is 6.57. The number of rotatable bonds is 7. The summed E-state index contributed by atoms with van der Waals surface area (Å²) in [6.07, 6.45) is 3.20. The summed E-state index contributed by atoms with van der Waals surface area (Å²) in [5.74, 6) is 0. The summed E-state index contributed by atoms with van der Waals surface area (Å²) in [5.41, 5.74) is 1.04. The van der Waals surface area contributed by atoms with Crippen molar-refractivity contribution in [3.63, 3.8) is 0 Å². The van der Waals surface area contributed by atoms with Crippen molar-refractivity contribution in [2.24, 2.45) is 0 Å². The summed E-state index contributed by atoms with van der Waals surface area (Å²) in [4.78, 5) is 10.6. The van der Waals surface area contributed by atoms with Crippen molar-refractivity contribution in [2.75, 3.05) is 0 Å². The van der Waals surface area contributed by atoms with Gasteiger partial charge in [-0.3, -0.25) is 10.1 Å². The molecule has 0 heterocycles. The highest BCUT2D eigenvalue weighted by Crippen LogP contribution is 2.37. The number of non-ortho nitro benzene ring substituents is 1. The first kappa shape index (κ1) is 17.9. The molecule has 0 amide bonds. The molecule has 0 radical (unpaired) electrons. The summed E-state index contributed by atoms with van der Waals surface area (Å²) in [6, 6.07) is 2.60. The Morgan fingerprint density at radius 2 is 1.83 bits per heavy atom. The standard InChI is InChI=1S/C16H24N2O4S/c1-5-13(6-2)17(14-7-8-14)23(21,22)16-10-15(18(19)20)9-11(3)12(16)4/h9-10,13-14H,5-8H2,1-4H3. The molecule has 23 heavy (non-hydrogen) atoms. The highest BCUT2D eigenvalue weighted by atomic mass is 32.2. The van der Waals surface area contributed by atoms with Gasteiger partial charge in [0.05, 0.1) is 9.82 Å². The minimum Gasteiger partial charge on any atom is -0.258 e. The minimum absolute atomic E-state index is 0.0314. The van der Waals surface area contributed by atoms with Crippen LogP contribution in [-0.4, -0.2) is 29.7 Å². The number of nitrogens with zero attached hydrogens (tertiary/aromatic N) is 2. The molecule has 0 aromatic heterocycles. The van der Waals surface area contributed by atoms with E-state index in [2.05, 4.69) is 0 Å². The molecule has 0 atom stereocenters. The molecule has 1 fully saturated rings. The molecule has 0 bridgehead atoms. The maximum Gasteiger partial charge on any atom is 0.271 e. The fraction of sp³-hybridized carbons (Fsp3) is 0.625. The van der Waals surface area contributed by atoms with Crippen molar-refractivity contribution < 1.29 is 13.3 Å². The van der Waals surface area contributed by atoms with E-state index in [1.165, 1.54) is 12.1 Å². The van der Waals surface area contributed by atoms with E-state index in [1.54, 1.807) is 18.2 Å².